The van der Waals surface area contributed by atoms with Crippen LogP contribution in [0.2, 0.25) is 0 Å². The van der Waals surface area contributed by atoms with Gasteiger partial charge in [-0.25, -0.2) is 4.99 Å². The number of anilines is 1. The maximum atomic E-state index is 11.7. The van der Waals surface area contributed by atoms with E-state index in [4.69, 9.17) is 15.6 Å². The molecule has 1 aromatic carbocycles. The van der Waals surface area contributed by atoms with Gasteiger partial charge in [0.25, 0.3) is 0 Å². The Bertz CT molecular complexity index is 811. The van der Waals surface area contributed by atoms with Gasteiger partial charge in [-0.15, -0.1) is 0 Å². The lowest BCUT2D eigenvalue weighted by Crippen LogP contribution is -2.27. The van der Waals surface area contributed by atoms with Gasteiger partial charge in [-0.1, -0.05) is 0 Å². The van der Waals surface area contributed by atoms with Gasteiger partial charge in [0.2, 0.25) is 5.78 Å². The molecule has 0 aromatic heterocycles. The minimum Gasteiger partial charge on any atom is -0.495 e. The molecule has 4 N–H and O–H groups in total. The van der Waals surface area contributed by atoms with E-state index in [-0.39, 0.29) is 12.3 Å². The van der Waals surface area contributed by atoms with Crippen LogP contribution in [0.1, 0.15) is 6.92 Å². The molecule has 1 aliphatic carbocycles. The lowest BCUT2D eigenvalue weighted by Gasteiger charge is -2.13. The van der Waals surface area contributed by atoms with Crippen LogP contribution in [-0.4, -0.2) is 41.8 Å². The Morgan fingerprint density at radius 3 is 2.76 bits per heavy atom. The number of hydrogen-bond donors (Lipinski definition) is 3. The minimum atomic E-state index is -0.711. The van der Waals surface area contributed by atoms with Crippen molar-refractivity contribution in [3.63, 3.8) is 0 Å². The second-order valence-electron chi connectivity index (χ2n) is 5.21. The molecule has 0 spiro atoms. The van der Waals surface area contributed by atoms with Crippen molar-refractivity contribution in [3.8, 4) is 5.75 Å². The van der Waals surface area contributed by atoms with Crippen LogP contribution in [0.25, 0.3) is 0 Å². The van der Waals surface area contributed by atoms with Crippen molar-refractivity contribution in [3.05, 3.63) is 51.4 Å². The van der Waals surface area contributed by atoms with Crippen molar-refractivity contribution >= 4 is 22.9 Å². The highest BCUT2D eigenvalue weighted by Gasteiger charge is 2.32. The fourth-order valence-electron chi connectivity index (χ4n) is 2.31. The summed E-state index contributed by atoms with van der Waals surface area (Å²) in [7, 11) is 1.47. The van der Waals surface area contributed by atoms with E-state index in [0.717, 1.165) is 0 Å². The monoisotopic (exact) mass is 346 g/mol. The summed E-state index contributed by atoms with van der Waals surface area (Å²) in [4.78, 5) is 26.6. The number of methoxy groups -OCH3 is 1. The largest absolute Gasteiger partial charge is 0.495 e. The first-order valence-corrected chi connectivity index (χ1v) is 7.38. The lowest BCUT2D eigenvalue weighted by molar-refractivity contribution is -0.416. The number of benzene rings is 1. The second-order valence-corrected chi connectivity index (χ2v) is 5.21. The van der Waals surface area contributed by atoms with Gasteiger partial charge < -0.3 is 20.9 Å². The molecule has 132 valence electrons. The molecule has 0 atom stereocenters. The van der Waals surface area contributed by atoms with E-state index in [9.17, 15) is 14.9 Å². The van der Waals surface area contributed by atoms with Gasteiger partial charge in [0, 0.05) is 12.6 Å². The third-order valence-corrected chi connectivity index (χ3v) is 3.50. The number of nitrogens with zero attached hydrogens (tertiary/aromatic N) is 2. The number of carbonyl (C=O) groups excluding carboxylic acids is 1. The first-order valence-electron chi connectivity index (χ1n) is 7.38. The van der Waals surface area contributed by atoms with Crippen molar-refractivity contribution in [2.45, 2.75) is 6.92 Å². The summed E-state index contributed by atoms with van der Waals surface area (Å²) < 4.78 is 5.26. The van der Waals surface area contributed by atoms with Crippen molar-refractivity contribution < 1.29 is 19.6 Å². The Kier molecular flexibility index (Phi) is 5.50. The average molecular weight is 346 g/mol. The van der Waals surface area contributed by atoms with Gasteiger partial charge in [0.05, 0.1) is 30.0 Å². The molecule has 1 aliphatic rings. The number of rotatable bonds is 6. The van der Waals surface area contributed by atoms with Crippen molar-refractivity contribution in [1.29, 1.82) is 0 Å². The lowest BCUT2D eigenvalue weighted by atomic mass is 9.98. The zero-order valence-corrected chi connectivity index (χ0v) is 13.8. The Morgan fingerprint density at radius 2 is 2.16 bits per heavy atom. The number of nitrogens with one attached hydrogen (secondary N) is 1. The number of carbonyl (C=O) groups is 1. The van der Waals surface area contributed by atoms with Crippen LogP contribution in [0.3, 0.4) is 0 Å². The zero-order valence-electron chi connectivity index (χ0n) is 13.8. The highest BCUT2D eigenvalue weighted by molar-refractivity contribution is 6.23. The molecule has 0 radical (unpaired) electrons. The summed E-state index contributed by atoms with van der Waals surface area (Å²) in [6.45, 7) is 1.86. The van der Waals surface area contributed by atoms with Crippen LogP contribution in [-0.2, 0) is 4.79 Å². The van der Waals surface area contributed by atoms with Crippen LogP contribution < -0.4 is 15.8 Å². The fraction of sp³-hybridized carbons (Fsp3) is 0.250. The molecule has 9 nitrogen and oxygen atoms in total. The zero-order chi connectivity index (χ0) is 18.6. The molecular formula is C16H18N4O5. The maximum Gasteiger partial charge on any atom is 0.321 e. The number of ketones is 1. The molecule has 0 heterocycles. The summed E-state index contributed by atoms with van der Waals surface area (Å²) in [5, 5.41) is 23.2. The molecule has 0 saturated heterocycles. The number of aliphatic hydroxyl groups excluding tert-OH is 1. The van der Waals surface area contributed by atoms with Crippen LogP contribution in [0, 0.1) is 10.1 Å². The van der Waals surface area contributed by atoms with E-state index < -0.39 is 22.1 Å². The maximum absolute atomic E-state index is 11.7. The molecule has 2 rings (SSSR count). The number of hydrogen-bond acceptors (Lipinski definition) is 8. The summed E-state index contributed by atoms with van der Waals surface area (Å²) >= 11 is 0. The van der Waals surface area contributed by atoms with Gasteiger partial charge >= 0.3 is 5.70 Å². The van der Waals surface area contributed by atoms with E-state index in [1.165, 1.54) is 13.2 Å². The van der Waals surface area contributed by atoms with Crippen LogP contribution >= 0.6 is 0 Å². The van der Waals surface area contributed by atoms with Crippen molar-refractivity contribution in [2.24, 2.45) is 10.7 Å². The fourth-order valence-corrected chi connectivity index (χ4v) is 2.31. The van der Waals surface area contributed by atoms with Crippen molar-refractivity contribution in [2.75, 3.05) is 25.6 Å². The first-order chi connectivity index (χ1) is 11.9. The Balaban J connectivity index is 2.49. The predicted octanol–water partition coefficient (Wildman–Crippen LogP) is 1.15. The van der Waals surface area contributed by atoms with E-state index in [1.54, 1.807) is 25.1 Å². The molecule has 0 unspecified atom stereocenters. The minimum absolute atomic E-state index is 0.0280. The van der Waals surface area contributed by atoms with E-state index in [2.05, 4.69) is 10.3 Å². The topological polar surface area (TPSA) is 140 Å². The summed E-state index contributed by atoms with van der Waals surface area (Å²) in [5.41, 5.74) is 6.05. The normalized spacial score (nSPS) is 16.0. The third kappa shape index (κ3) is 3.83. The number of nitrogens with two attached hydrogens (primary N) is 1. The molecular weight excluding hydrogens is 328 g/mol. The number of aliphatic imine (C=N–C) groups is 1. The molecule has 0 bridgehead atoms. The molecule has 0 aliphatic heterocycles. The predicted molar refractivity (Wildman–Crippen MR) is 92.6 cm³/mol. The smallest absolute Gasteiger partial charge is 0.321 e. The molecule has 0 saturated carbocycles. The molecule has 0 fully saturated rings. The quantitative estimate of drug-likeness (QED) is 0.398. The van der Waals surface area contributed by atoms with Crippen LogP contribution in [0.15, 0.2) is 46.2 Å². The SMILES string of the molecule is COc1cc(N=C2C(C)=CC(=O)C(N)=C2[N+](=O)[O-])ccc1NCCO. The summed E-state index contributed by atoms with van der Waals surface area (Å²) in [6, 6.07) is 4.90. The van der Waals surface area contributed by atoms with Gasteiger partial charge in [-0.05, 0) is 30.7 Å². The Labute approximate surface area is 143 Å². The van der Waals surface area contributed by atoms with E-state index in [1.807, 2.05) is 0 Å². The number of allylic oxidation sites excluding steroid dienone is 2. The number of ether oxygens (including phenoxy) is 1. The molecule has 0 amide bonds. The molecule has 1 aromatic rings. The molecule has 25 heavy (non-hydrogen) atoms. The first kappa shape index (κ1) is 18.1. The van der Waals surface area contributed by atoms with Gasteiger partial charge in [-0.2, -0.15) is 0 Å². The van der Waals surface area contributed by atoms with E-state index in [0.29, 0.717) is 29.2 Å². The third-order valence-electron chi connectivity index (χ3n) is 3.50. The van der Waals surface area contributed by atoms with E-state index >= 15 is 0 Å². The number of aliphatic hydroxyl groups is 1. The number of nitro groups is 1. The molecule has 9 heteroatoms. The van der Waals surface area contributed by atoms with Crippen molar-refractivity contribution in [1.82, 2.24) is 0 Å². The van der Waals surface area contributed by atoms with Gasteiger partial charge in [0.1, 0.15) is 11.5 Å². The summed E-state index contributed by atoms with van der Waals surface area (Å²) in [6.07, 6.45) is 1.22. The van der Waals surface area contributed by atoms with Crippen LogP contribution in [0.4, 0.5) is 11.4 Å². The van der Waals surface area contributed by atoms with Gasteiger partial charge in [-0.3, -0.25) is 14.9 Å². The Hall–Kier alpha value is -3.20. The second kappa shape index (κ2) is 7.58. The summed E-state index contributed by atoms with van der Waals surface area (Å²) in [5.74, 6) is -0.146. The van der Waals surface area contributed by atoms with Gasteiger partial charge in [0.15, 0.2) is 5.70 Å². The highest BCUT2D eigenvalue weighted by Crippen LogP contribution is 2.31. The average Bonchev–Trinajstić information content (AvgIpc) is 2.58. The Morgan fingerprint density at radius 1 is 1.44 bits per heavy atom. The van der Waals surface area contributed by atoms with Crippen LogP contribution in [0.5, 0.6) is 5.75 Å². The standard InChI is InChI=1S/C16H18N4O5/c1-9-7-12(22)14(17)16(20(23)24)15(9)19-10-3-4-11(18-5-6-21)13(8-10)25-2/h3-4,7-8,18,21H,5-6,17H2,1-2H3. The highest BCUT2D eigenvalue weighted by atomic mass is 16.6.